The predicted octanol–water partition coefficient (Wildman–Crippen LogP) is 5.14. The fraction of sp³-hybridized carbons (Fsp3) is 0.611. The van der Waals surface area contributed by atoms with E-state index in [1.165, 1.54) is 49.7 Å². The number of benzene rings is 1. The first-order valence-corrected chi connectivity index (χ1v) is 7.86. The summed E-state index contributed by atoms with van der Waals surface area (Å²) >= 11 is 0. The standard InChI is InChI=1S/C18H26O/c1-3-6-14-7-5-8-16(11-14)17-9-10-18(13-19)15(4-2)12-17/h9-10,12-14,16H,3-8,11H2,1-2H3. The Morgan fingerprint density at radius 3 is 2.79 bits per heavy atom. The van der Waals surface area contributed by atoms with Crippen LogP contribution in [-0.2, 0) is 6.42 Å². The van der Waals surface area contributed by atoms with Crippen molar-refractivity contribution in [2.45, 2.75) is 64.7 Å². The van der Waals surface area contributed by atoms with Crippen LogP contribution in [0.5, 0.6) is 0 Å². The van der Waals surface area contributed by atoms with E-state index < -0.39 is 0 Å². The van der Waals surface area contributed by atoms with E-state index in [0.29, 0.717) is 0 Å². The summed E-state index contributed by atoms with van der Waals surface area (Å²) in [5, 5.41) is 0. The molecule has 0 aromatic heterocycles. The van der Waals surface area contributed by atoms with Gasteiger partial charge in [-0.05, 0) is 42.2 Å². The van der Waals surface area contributed by atoms with Crippen LogP contribution in [0.15, 0.2) is 18.2 Å². The van der Waals surface area contributed by atoms with Gasteiger partial charge in [-0.25, -0.2) is 0 Å². The Bertz CT molecular complexity index is 420. The molecule has 1 aliphatic rings. The normalized spacial score (nSPS) is 23.3. The van der Waals surface area contributed by atoms with E-state index in [1.807, 2.05) is 6.07 Å². The van der Waals surface area contributed by atoms with Crippen molar-refractivity contribution < 1.29 is 4.79 Å². The van der Waals surface area contributed by atoms with Crippen molar-refractivity contribution in [2.24, 2.45) is 5.92 Å². The molecule has 1 heteroatoms. The fourth-order valence-corrected chi connectivity index (χ4v) is 3.56. The van der Waals surface area contributed by atoms with E-state index in [-0.39, 0.29) is 0 Å². The third-order valence-corrected chi connectivity index (χ3v) is 4.63. The number of hydrogen-bond acceptors (Lipinski definition) is 1. The summed E-state index contributed by atoms with van der Waals surface area (Å²) in [5.74, 6) is 1.64. The van der Waals surface area contributed by atoms with Crippen LogP contribution in [-0.4, -0.2) is 6.29 Å². The molecule has 1 nitrogen and oxygen atoms in total. The van der Waals surface area contributed by atoms with Crippen molar-refractivity contribution in [3.8, 4) is 0 Å². The van der Waals surface area contributed by atoms with Gasteiger partial charge in [-0.3, -0.25) is 4.79 Å². The Labute approximate surface area is 117 Å². The zero-order chi connectivity index (χ0) is 13.7. The minimum absolute atomic E-state index is 0.719. The molecule has 2 rings (SSSR count). The summed E-state index contributed by atoms with van der Waals surface area (Å²) < 4.78 is 0. The average molecular weight is 258 g/mol. The minimum Gasteiger partial charge on any atom is -0.298 e. The largest absolute Gasteiger partial charge is 0.298 e. The van der Waals surface area contributed by atoms with Gasteiger partial charge >= 0.3 is 0 Å². The van der Waals surface area contributed by atoms with Crippen molar-refractivity contribution in [3.05, 3.63) is 34.9 Å². The zero-order valence-corrected chi connectivity index (χ0v) is 12.3. The SMILES string of the molecule is CCCC1CCCC(c2ccc(C=O)c(CC)c2)C1. The maximum atomic E-state index is 11.0. The second-order valence-corrected chi connectivity index (χ2v) is 5.95. The lowest BCUT2D eigenvalue weighted by atomic mass is 9.76. The van der Waals surface area contributed by atoms with Crippen molar-refractivity contribution in [3.63, 3.8) is 0 Å². The van der Waals surface area contributed by atoms with Crippen molar-refractivity contribution in [2.75, 3.05) is 0 Å². The Kier molecular flexibility index (Phi) is 5.18. The van der Waals surface area contributed by atoms with Gasteiger partial charge in [-0.15, -0.1) is 0 Å². The molecular weight excluding hydrogens is 232 g/mol. The molecule has 19 heavy (non-hydrogen) atoms. The smallest absolute Gasteiger partial charge is 0.150 e. The number of aryl methyl sites for hydroxylation is 1. The van der Waals surface area contributed by atoms with Crippen LogP contribution in [0.2, 0.25) is 0 Å². The van der Waals surface area contributed by atoms with Crippen molar-refractivity contribution in [1.82, 2.24) is 0 Å². The van der Waals surface area contributed by atoms with E-state index in [2.05, 4.69) is 26.0 Å². The molecule has 0 heterocycles. The number of hydrogen-bond donors (Lipinski definition) is 0. The van der Waals surface area contributed by atoms with Crippen LogP contribution in [0.3, 0.4) is 0 Å². The Balaban J connectivity index is 2.14. The number of rotatable bonds is 5. The first-order valence-electron chi connectivity index (χ1n) is 7.86. The highest BCUT2D eigenvalue weighted by molar-refractivity contribution is 5.77. The Hall–Kier alpha value is -1.11. The first kappa shape index (κ1) is 14.3. The third-order valence-electron chi connectivity index (χ3n) is 4.63. The van der Waals surface area contributed by atoms with Crippen LogP contribution in [0, 0.1) is 5.92 Å². The molecule has 1 aromatic carbocycles. The summed E-state index contributed by atoms with van der Waals surface area (Å²) in [4.78, 5) is 11.0. The van der Waals surface area contributed by atoms with E-state index in [1.54, 1.807) is 0 Å². The number of carbonyl (C=O) groups excluding carboxylic acids is 1. The monoisotopic (exact) mass is 258 g/mol. The lowest BCUT2D eigenvalue weighted by Crippen LogP contribution is -2.14. The van der Waals surface area contributed by atoms with Gasteiger partial charge in [0.1, 0.15) is 6.29 Å². The summed E-state index contributed by atoms with van der Waals surface area (Å²) in [7, 11) is 0. The minimum atomic E-state index is 0.719. The zero-order valence-electron chi connectivity index (χ0n) is 12.3. The second-order valence-electron chi connectivity index (χ2n) is 5.95. The Morgan fingerprint density at radius 1 is 1.26 bits per heavy atom. The fourth-order valence-electron chi connectivity index (χ4n) is 3.56. The molecular formula is C18H26O. The molecule has 1 aliphatic carbocycles. The topological polar surface area (TPSA) is 17.1 Å². The summed E-state index contributed by atoms with van der Waals surface area (Å²) in [5.41, 5.74) is 3.54. The maximum absolute atomic E-state index is 11.0. The van der Waals surface area contributed by atoms with E-state index >= 15 is 0 Å². The molecule has 1 aromatic rings. The number of aldehydes is 1. The van der Waals surface area contributed by atoms with Gasteiger partial charge in [0.05, 0.1) is 0 Å². The highest BCUT2D eigenvalue weighted by atomic mass is 16.1. The van der Waals surface area contributed by atoms with E-state index in [4.69, 9.17) is 0 Å². The van der Waals surface area contributed by atoms with Crippen LogP contribution >= 0.6 is 0 Å². The van der Waals surface area contributed by atoms with Gasteiger partial charge in [0.15, 0.2) is 0 Å². The van der Waals surface area contributed by atoms with E-state index in [0.717, 1.165) is 30.1 Å². The molecule has 1 saturated carbocycles. The summed E-state index contributed by atoms with van der Waals surface area (Å²) in [6.45, 7) is 4.42. The third kappa shape index (κ3) is 3.46. The highest BCUT2D eigenvalue weighted by Crippen LogP contribution is 2.38. The van der Waals surface area contributed by atoms with Crippen LogP contribution in [0.25, 0.3) is 0 Å². The molecule has 0 saturated heterocycles. The molecule has 2 atom stereocenters. The maximum Gasteiger partial charge on any atom is 0.150 e. The molecule has 0 radical (unpaired) electrons. The number of carbonyl (C=O) groups is 1. The summed E-state index contributed by atoms with van der Waals surface area (Å²) in [6, 6.07) is 6.48. The van der Waals surface area contributed by atoms with Gasteiger partial charge in [-0.1, -0.05) is 57.7 Å². The van der Waals surface area contributed by atoms with Gasteiger partial charge in [0.2, 0.25) is 0 Å². The van der Waals surface area contributed by atoms with Gasteiger partial charge < -0.3 is 0 Å². The Morgan fingerprint density at radius 2 is 2.11 bits per heavy atom. The average Bonchev–Trinajstić information content (AvgIpc) is 2.47. The van der Waals surface area contributed by atoms with E-state index in [9.17, 15) is 4.79 Å². The molecule has 1 fully saturated rings. The lowest BCUT2D eigenvalue weighted by molar-refractivity contribution is 0.112. The van der Waals surface area contributed by atoms with Crippen molar-refractivity contribution >= 4 is 6.29 Å². The molecule has 0 spiro atoms. The first-order chi connectivity index (χ1) is 9.28. The lowest BCUT2D eigenvalue weighted by Gasteiger charge is -2.29. The van der Waals surface area contributed by atoms with Crippen molar-refractivity contribution in [1.29, 1.82) is 0 Å². The van der Waals surface area contributed by atoms with Gasteiger partial charge in [-0.2, -0.15) is 0 Å². The quantitative estimate of drug-likeness (QED) is 0.669. The molecule has 0 bridgehead atoms. The summed E-state index contributed by atoms with van der Waals surface area (Å²) in [6.07, 6.45) is 10.1. The molecule has 0 amide bonds. The van der Waals surface area contributed by atoms with Gasteiger partial charge in [0, 0.05) is 5.56 Å². The molecule has 0 aliphatic heterocycles. The molecule has 104 valence electrons. The van der Waals surface area contributed by atoms with Crippen LogP contribution < -0.4 is 0 Å². The van der Waals surface area contributed by atoms with Crippen LogP contribution in [0.4, 0.5) is 0 Å². The van der Waals surface area contributed by atoms with Crippen LogP contribution in [0.1, 0.15) is 79.8 Å². The second kappa shape index (κ2) is 6.88. The predicted molar refractivity (Wildman–Crippen MR) is 80.8 cm³/mol. The molecule has 2 unspecified atom stereocenters. The highest BCUT2D eigenvalue weighted by Gasteiger charge is 2.23. The molecule has 0 N–H and O–H groups in total. The van der Waals surface area contributed by atoms with Gasteiger partial charge in [0.25, 0.3) is 0 Å².